The Bertz CT molecular complexity index is 1330. The summed E-state index contributed by atoms with van der Waals surface area (Å²) in [5.41, 5.74) is 7.47. The summed E-state index contributed by atoms with van der Waals surface area (Å²) in [6.07, 6.45) is 1.88. The second-order valence-corrected chi connectivity index (χ2v) is 9.93. The molecule has 3 heterocycles. The summed E-state index contributed by atoms with van der Waals surface area (Å²) in [5.74, 6) is -0.0915. The molecule has 0 atom stereocenters. The highest BCUT2D eigenvalue weighted by molar-refractivity contribution is 9.10. The number of carbonyl (C=O) groups excluding carboxylic acids is 2. The number of carbonyl (C=O) groups is 2. The predicted molar refractivity (Wildman–Crippen MR) is 140 cm³/mol. The number of likely N-dealkylation sites (N-methyl/N-ethyl adjacent to an activating group) is 1. The van der Waals surface area contributed by atoms with Gasteiger partial charge in [0, 0.05) is 53.3 Å². The van der Waals surface area contributed by atoms with E-state index in [0.717, 1.165) is 70.0 Å². The van der Waals surface area contributed by atoms with Gasteiger partial charge in [0.1, 0.15) is 0 Å². The lowest BCUT2D eigenvalue weighted by atomic mass is 9.94. The number of H-pyrrole nitrogens is 1. The number of rotatable bonds is 3. The van der Waals surface area contributed by atoms with Gasteiger partial charge >= 0.3 is 0 Å². The lowest BCUT2D eigenvalue weighted by Crippen LogP contribution is -2.47. The van der Waals surface area contributed by atoms with Gasteiger partial charge in [-0.25, -0.2) is 0 Å². The number of aromatic amines is 1. The van der Waals surface area contributed by atoms with E-state index in [4.69, 9.17) is 0 Å². The van der Waals surface area contributed by atoms with Crippen LogP contribution in [0.1, 0.15) is 32.9 Å². The Balaban J connectivity index is 1.56. The molecule has 5 rings (SSSR count). The van der Waals surface area contributed by atoms with E-state index in [0.29, 0.717) is 11.1 Å². The Hall–Kier alpha value is -3.16. The van der Waals surface area contributed by atoms with Gasteiger partial charge in [0.25, 0.3) is 11.8 Å². The maximum absolute atomic E-state index is 13.3. The van der Waals surface area contributed by atoms with Crippen LogP contribution < -0.4 is 5.32 Å². The third-order valence-electron chi connectivity index (χ3n) is 6.73. The fraction of sp³-hybridized carbons (Fsp3) is 0.259. The van der Waals surface area contributed by atoms with Gasteiger partial charge in [-0.2, -0.15) is 0 Å². The van der Waals surface area contributed by atoms with Crippen molar-refractivity contribution in [3.8, 4) is 11.1 Å². The lowest BCUT2D eigenvalue weighted by molar-refractivity contribution is -0.110. The van der Waals surface area contributed by atoms with Crippen LogP contribution in [0.25, 0.3) is 22.8 Å². The molecule has 1 saturated heterocycles. The molecule has 7 heteroatoms. The summed E-state index contributed by atoms with van der Waals surface area (Å²) >= 11 is 3.55. The van der Waals surface area contributed by atoms with Gasteiger partial charge in [-0.15, -0.1) is 0 Å². The molecule has 1 aromatic heterocycles. The Morgan fingerprint density at radius 2 is 1.79 bits per heavy atom. The number of benzene rings is 2. The number of nitrogens with one attached hydrogen (secondary N) is 2. The van der Waals surface area contributed by atoms with Crippen molar-refractivity contribution < 1.29 is 9.59 Å². The largest absolute Gasteiger partial charge is 0.358 e. The molecule has 2 aliphatic rings. The van der Waals surface area contributed by atoms with E-state index in [2.05, 4.69) is 38.2 Å². The Morgan fingerprint density at radius 1 is 1.06 bits per heavy atom. The van der Waals surface area contributed by atoms with E-state index in [9.17, 15) is 9.59 Å². The van der Waals surface area contributed by atoms with Gasteiger partial charge < -0.3 is 20.1 Å². The molecular weight excluding hydrogens is 492 g/mol. The number of fused-ring (bicyclic) bond motifs is 1. The van der Waals surface area contributed by atoms with Crippen molar-refractivity contribution in [2.45, 2.75) is 13.8 Å². The molecule has 0 bridgehead atoms. The Kier molecular flexibility index (Phi) is 5.91. The first-order valence-corrected chi connectivity index (χ1v) is 12.2. The Labute approximate surface area is 207 Å². The highest BCUT2D eigenvalue weighted by Gasteiger charge is 2.29. The number of aromatic nitrogens is 1. The van der Waals surface area contributed by atoms with Gasteiger partial charge in [0.05, 0.1) is 11.1 Å². The molecule has 6 nitrogen and oxygen atoms in total. The van der Waals surface area contributed by atoms with Crippen molar-refractivity contribution in [1.29, 1.82) is 0 Å². The van der Waals surface area contributed by atoms with E-state index in [1.165, 1.54) is 0 Å². The van der Waals surface area contributed by atoms with Crippen molar-refractivity contribution >= 4 is 45.1 Å². The van der Waals surface area contributed by atoms with E-state index in [-0.39, 0.29) is 11.8 Å². The molecular formula is C27H27BrN4O2. The fourth-order valence-corrected chi connectivity index (χ4v) is 5.23. The van der Waals surface area contributed by atoms with E-state index < -0.39 is 0 Å². The zero-order chi connectivity index (χ0) is 24.0. The number of hydrogen-bond acceptors (Lipinski definition) is 3. The average Bonchev–Trinajstić information content (AvgIpc) is 3.28. The summed E-state index contributed by atoms with van der Waals surface area (Å²) in [6, 6.07) is 14.0. The zero-order valence-corrected chi connectivity index (χ0v) is 21.1. The molecule has 0 spiro atoms. The van der Waals surface area contributed by atoms with Crippen molar-refractivity contribution in [2.75, 3.05) is 38.5 Å². The zero-order valence-electron chi connectivity index (χ0n) is 19.5. The van der Waals surface area contributed by atoms with Gasteiger partial charge in [-0.1, -0.05) is 40.2 Å². The standard InChI is InChI=1S/C27H27BrN4O2/c1-16-23(29-17(2)24(16)27(34)32-12-10-31(3)11-13-32)15-21-25-20(18-6-4-7-19(28)14-18)8-5-9-22(25)30-26(21)33/h4-9,14-15,29H,10-13H2,1-3H3,(H,30,33)/b21-15-. The van der Waals surface area contributed by atoms with Crippen LogP contribution in [0.4, 0.5) is 5.69 Å². The quantitative estimate of drug-likeness (QED) is 0.482. The van der Waals surface area contributed by atoms with Gasteiger partial charge in [-0.3, -0.25) is 9.59 Å². The number of piperazine rings is 1. The molecule has 0 unspecified atom stereocenters. The van der Waals surface area contributed by atoms with E-state index in [1.807, 2.05) is 67.3 Å². The predicted octanol–water partition coefficient (Wildman–Crippen LogP) is 4.94. The topological polar surface area (TPSA) is 68.4 Å². The fourth-order valence-electron chi connectivity index (χ4n) is 4.84. The minimum absolute atomic E-state index is 0.0510. The first-order valence-electron chi connectivity index (χ1n) is 11.4. The minimum atomic E-state index is -0.143. The van der Waals surface area contributed by atoms with Crippen LogP contribution >= 0.6 is 15.9 Å². The lowest BCUT2D eigenvalue weighted by Gasteiger charge is -2.32. The third kappa shape index (κ3) is 3.99. The summed E-state index contributed by atoms with van der Waals surface area (Å²) in [7, 11) is 2.08. The second kappa shape index (κ2) is 8.89. The maximum atomic E-state index is 13.3. The molecule has 0 aliphatic carbocycles. The molecule has 2 N–H and O–H groups in total. The number of hydrogen-bond donors (Lipinski definition) is 2. The highest BCUT2D eigenvalue weighted by Crippen LogP contribution is 2.41. The number of halogens is 1. The summed E-state index contributed by atoms with van der Waals surface area (Å²) < 4.78 is 0.980. The van der Waals surface area contributed by atoms with Crippen molar-refractivity contribution in [1.82, 2.24) is 14.8 Å². The van der Waals surface area contributed by atoms with Gasteiger partial charge in [0.2, 0.25) is 0 Å². The van der Waals surface area contributed by atoms with E-state index >= 15 is 0 Å². The van der Waals surface area contributed by atoms with Crippen molar-refractivity contribution in [3.05, 3.63) is 75.0 Å². The molecule has 3 aromatic rings. The molecule has 174 valence electrons. The first-order chi connectivity index (χ1) is 16.3. The molecule has 2 amide bonds. The van der Waals surface area contributed by atoms with Crippen LogP contribution in [-0.2, 0) is 4.79 Å². The summed E-state index contributed by atoms with van der Waals surface area (Å²) in [6.45, 7) is 7.07. The Morgan fingerprint density at radius 3 is 2.53 bits per heavy atom. The molecule has 34 heavy (non-hydrogen) atoms. The van der Waals surface area contributed by atoms with Crippen LogP contribution in [-0.4, -0.2) is 59.8 Å². The normalized spacial score (nSPS) is 17.2. The van der Waals surface area contributed by atoms with Gasteiger partial charge in [0.15, 0.2) is 0 Å². The van der Waals surface area contributed by atoms with Crippen LogP contribution in [0, 0.1) is 13.8 Å². The smallest absolute Gasteiger partial charge is 0.256 e. The number of amides is 2. The SMILES string of the molecule is Cc1[nH]c(/C=C2\C(=O)Nc3cccc(-c4cccc(Br)c4)c32)c(C)c1C(=O)N1CCN(C)CC1. The minimum Gasteiger partial charge on any atom is -0.358 e. The summed E-state index contributed by atoms with van der Waals surface area (Å²) in [5, 5.41) is 3.00. The number of aryl methyl sites for hydroxylation is 1. The molecule has 2 aliphatic heterocycles. The van der Waals surface area contributed by atoms with Gasteiger partial charge in [-0.05, 0) is 61.9 Å². The van der Waals surface area contributed by atoms with Crippen molar-refractivity contribution in [2.24, 2.45) is 0 Å². The van der Waals surface area contributed by atoms with Crippen LogP contribution in [0.2, 0.25) is 0 Å². The molecule has 2 aromatic carbocycles. The molecule has 0 saturated carbocycles. The van der Waals surface area contributed by atoms with Crippen molar-refractivity contribution in [3.63, 3.8) is 0 Å². The highest BCUT2D eigenvalue weighted by atomic mass is 79.9. The van der Waals surface area contributed by atoms with Crippen LogP contribution in [0.5, 0.6) is 0 Å². The maximum Gasteiger partial charge on any atom is 0.256 e. The molecule has 0 radical (unpaired) electrons. The average molecular weight is 519 g/mol. The number of anilines is 1. The summed E-state index contributed by atoms with van der Waals surface area (Å²) in [4.78, 5) is 33.9. The third-order valence-corrected chi connectivity index (χ3v) is 7.22. The van der Waals surface area contributed by atoms with Crippen LogP contribution in [0.3, 0.4) is 0 Å². The number of nitrogens with zero attached hydrogens (tertiary/aromatic N) is 2. The monoisotopic (exact) mass is 518 g/mol. The second-order valence-electron chi connectivity index (χ2n) is 9.01. The first kappa shape index (κ1) is 22.6. The van der Waals surface area contributed by atoms with E-state index in [1.54, 1.807) is 0 Å². The molecule has 1 fully saturated rings. The van der Waals surface area contributed by atoms with Crippen LogP contribution in [0.15, 0.2) is 46.9 Å².